The monoisotopic (exact) mass is 239 g/mol. The molecule has 1 fully saturated rings. The molecule has 1 heterocycles. The van der Waals surface area contributed by atoms with Crippen molar-refractivity contribution in [2.75, 3.05) is 19.3 Å². The van der Waals surface area contributed by atoms with Crippen molar-refractivity contribution in [3.8, 4) is 6.19 Å². The normalized spacial score (nSPS) is 23.1. The van der Waals surface area contributed by atoms with Crippen molar-refractivity contribution in [1.82, 2.24) is 4.90 Å². The molecule has 1 atom stereocenters. The van der Waals surface area contributed by atoms with E-state index in [0.29, 0.717) is 0 Å². The molecule has 0 aromatic carbocycles. The van der Waals surface area contributed by atoms with Gasteiger partial charge in [-0.1, -0.05) is 25.6 Å². The summed E-state index contributed by atoms with van der Waals surface area (Å²) in [4.78, 5) is 6.15. The van der Waals surface area contributed by atoms with Crippen LogP contribution < -0.4 is 0 Å². The number of thioether (sulfide) groups is 1. The molecule has 1 unspecified atom stereocenters. The molecule has 0 amide bonds. The van der Waals surface area contributed by atoms with Crippen molar-refractivity contribution in [1.29, 1.82) is 5.26 Å². The van der Waals surface area contributed by atoms with Gasteiger partial charge >= 0.3 is 0 Å². The van der Waals surface area contributed by atoms with E-state index >= 15 is 0 Å². The van der Waals surface area contributed by atoms with Crippen LogP contribution in [0.1, 0.15) is 33.1 Å². The van der Waals surface area contributed by atoms with Crippen LogP contribution in [0.4, 0.5) is 0 Å². The third-order valence-electron chi connectivity index (χ3n) is 3.31. The van der Waals surface area contributed by atoms with Gasteiger partial charge in [-0.15, -0.1) is 4.99 Å². The van der Waals surface area contributed by atoms with E-state index in [2.05, 4.69) is 23.7 Å². The molecule has 0 aromatic rings. The summed E-state index contributed by atoms with van der Waals surface area (Å²) in [6.45, 7) is 6.70. The Kier molecular flexibility index (Phi) is 5.68. The zero-order valence-electron chi connectivity index (χ0n) is 10.4. The molecule has 0 aromatic heterocycles. The molecule has 4 heteroatoms. The van der Waals surface area contributed by atoms with Gasteiger partial charge in [0.25, 0.3) is 0 Å². The first kappa shape index (κ1) is 13.4. The molecule has 0 bridgehead atoms. The fraction of sp³-hybridized carbons (Fsp3) is 0.833. The number of aliphatic imine (C=N–C) groups is 1. The first-order chi connectivity index (χ1) is 7.69. The smallest absolute Gasteiger partial charge is 0.208 e. The predicted molar refractivity (Wildman–Crippen MR) is 70.3 cm³/mol. The van der Waals surface area contributed by atoms with E-state index in [1.807, 2.05) is 12.4 Å². The second-order valence-electron chi connectivity index (χ2n) is 4.62. The summed E-state index contributed by atoms with van der Waals surface area (Å²) in [6, 6.07) is 0. The van der Waals surface area contributed by atoms with Crippen LogP contribution in [0.25, 0.3) is 0 Å². The second kappa shape index (κ2) is 6.80. The molecule has 1 aliphatic rings. The van der Waals surface area contributed by atoms with Crippen molar-refractivity contribution >= 4 is 16.9 Å². The summed E-state index contributed by atoms with van der Waals surface area (Å²) in [7, 11) is 0. The minimum Gasteiger partial charge on any atom is -0.351 e. The minimum atomic E-state index is 0.769. The number of nitrogens with zero attached hydrogens (tertiary/aromatic N) is 3. The van der Waals surface area contributed by atoms with Crippen molar-refractivity contribution in [3.63, 3.8) is 0 Å². The molecular weight excluding hydrogens is 218 g/mol. The number of hydrogen-bond acceptors (Lipinski definition) is 3. The molecular formula is C12H21N3S. The molecule has 1 saturated heterocycles. The van der Waals surface area contributed by atoms with E-state index in [9.17, 15) is 0 Å². The summed E-state index contributed by atoms with van der Waals surface area (Å²) in [5, 5.41) is 9.51. The Bertz CT molecular complexity index is 280. The van der Waals surface area contributed by atoms with Crippen molar-refractivity contribution in [2.24, 2.45) is 16.8 Å². The predicted octanol–water partition coefficient (Wildman–Crippen LogP) is 2.94. The highest BCUT2D eigenvalue weighted by Gasteiger charge is 2.21. The first-order valence-electron chi connectivity index (χ1n) is 5.94. The Morgan fingerprint density at radius 3 is 2.75 bits per heavy atom. The van der Waals surface area contributed by atoms with Crippen LogP contribution in [0.2, 0.25) is 0 Å². The number of hydrogen-bond donors (Lipinski definition) is 0. The summed E-state index contributed by atoms with van der Waals surface area (Å²) >= 11 is 1.57. The summed E-state index contributed by atoms with van der Waals surface area (Å²) in [5.41, 5.74) is 0. The van der Waals surface area contributed by atoms with Gasteiger partial charge in [0.1, 0.15) is 0 Å². The van der Waals surface area contributed by atoms with Gasteiger partial charge in [-0.25, -0.2) is 0 Å². The second-order valence-corrected chi connectivity index (χ2v) is 5.39. The van der Waals surface area contributed by atoms with Crippen molar-refractivity contribution < 1.29 is 0 Å². The van der Waals surface area contributed by atoms with Gasteiger partial charge in [0.05, 0.1) is 0 Å². The Morgan fingerprint density at radius 1 is 1.44 bits per heavy atom. The average molecular weight is 239 g/mol. The zero-order chi connectivity index (χ0) is 12.0. The number of amidine groups is 1. The third kappa shape index (κ3) is 3.71. The van der Waals surface area contributed by atoms with Gasteiger partial charge in [-0.3, -0.25) is 0 Å². The van der Waals surface area contributed by atoms with E-state index in [1.165, 1.54) is 19.3 Å². The molecule has 90 valence electrons. The maximum absolute atomic E-state index is 8.63. The molecule has 0 radical (unpaired) electrons. The fourth-order valence-corrected chi connectivity index (χ4v) is 2.84. The maximum Gasteiger partial charge on any atom is 0.208 e. The van der Waals surface area contributed by atoms with Crippen LogP contribution in [-0.2, 0) is 0 Å². The molecule has 16 heavy (non-hydrogen) atoms. The summed E-state index contributed by atoms with van der Waals surface area (Å²) in [5.74, 6) is 1.60. The lowest BCUT2D eigenvalue weighted by Crippen LogP contribution is -2.29. The number of nitriles is 1. The average Bonchev–Trinajstić information content (AvgIpc) is 2.51. The standard InChI is InChI=1S/C12H21N3S/c1-10(2)11-5-4-7-15(8-6-11)12(16-3)14-9-13/h10-11H,4-8H2,1-3H3. The number of rotatable bonds is 1. The van der Waals surface area contributed by atoms with Gasteiger partial charge in [-0.2, -0.15) is 5.26 Å². The Hall–Kier alpha value is -0.690. The van der Waals surface area contributed by atoms with E-state index in [4.69, 9.17) is 5.26 Å². The Balaban J connectivity index is 2.59. The van der Waals surface area contributed by atoms with E-state index in [-0.39, 0.29) is 0 Å². The van der Waals surface area contributed by atoms with E-state index in [1.54, 1.807) is 11.8 Å². The molecule has 1 rings (SSSR count). The van der Waals surface area contributed by atoms with E-state index < -0.39 is 0 Å². The van der Waals surface area contributed by atoms with Gasteiger partial charge in [0, 0.05) is 13.1 Å². The Morgan fingerprint density at radius 2 is 2.19 bits per heavy atom. The fourth-order valence-electron chi connectivity index (χ4n) is 2.27. The highest BCUT2D eigenvalue weighted by Crippen LogP contribution is 2.25. The quantitative estimate of drug-likeness (QED) is 0.401. The van der Waals surface area contributed by atoms with Crippen LogP contribution in [0.15, 0.2) is 4.99 Å². The molecule has 0 N–H and O–H groups in total. The largest absolute Gasteiger partial charge is 0.351 e. The van der Waals surface area contributed by atoms with Crippen LogP contribution in [-0.4, -0.2) is 29.4 Å². The highest BCUT2D eigenvalue weighted by atomic mass is 32.2. The highest BCUT2D eigenvalue weighted by molar-refractivity contribution is 8.13. The lowest BCUT2D eigenvalue weighted by Gasteiger charge is -2.22. The van der Waals surface area contributed by atoms with Gasteiger partial charge < -0.3 is 4.90 Å². The summed E-state index contributed by atoms with van der Waals surface area (Å²) < 4.78 is 0. The maximum atomic E-state index is 8.63. The molecule has 0 aliphatic carbocycles. The topological polar surface area (TPSA) is 39.4 Å². The SMILES string of the molecule is CSC(=NC#N)N1CCCC(C(C)C)CC1. The third-order valence-corrected chi connectivity index (χ3v) is 4.03. The molecule has 1 aliphatic heterocycles. The van der Waals surface area contributed by atoms with Gasteiger partial charge in [-0.05, 0) is 37.4 Å². The lowest BCUT2D eigenvalue weighted by molar-refractivity contribution is 0.341. The molecule has 0 saturated carbocycles. The van der Waals surface area contributed by atoms with Crippen molar-refractivity contribution in [3.05, 3.63) is 0 Å². The molecule has 0 spiro atoms. The Labute approximate surface area is 103 Å². The lowest BCUT2D eigenvalue weighted by atomic mass is 9.89. The van der Waals surface area contributed by atoms with Crippen LogP contribution >= 0.6 is 11.8 Å². The zero-order valence-corrected chi connectivity index (χ0v) is 11.3. The van der Waals surface area contributed by atoms with Crippen LogP contribution in [0.3, 0.4) is 0 Å². The number of likely N-dealkylation sites (tertiary alicyclic amines) is 1. The first-order valence-corrected chi connectivity index (χ1v) is 7.17. The van der Waals surface area contributed by atoms with Gasteiger partial charge in [0.2, 0.25) is 6.19 Å². The van der Waals surface area contributed by atoms with Crippen LogP contribution in [0, 0.1) is 23.3 Å². The van der Waals surface area contributed by atoms with E-state index in [0.717, 1.165) is 30.1 Å². The van der Waals surface area contributed by atoms with Crippen molar-refractivity contribution in [2.45, 2.75) is 33.1 Å². The molecule has 3 nitrogen and oxygen atoms in total. The van der Waals surface area contributed by atoms with Crippen LogP contribution in [0.5, 0.6) is 0 Å². The van der Waals surface area contributed by atoms with Gasteiger partial charge in [0.15, 0.2) is 5.17 Å². The summed E-state index contributed by atoms with van der Waals surface area (Å²) in [6.07, 6.45) is 7.63. The minimum absolute atomic E-state index is 0.769.